The number of Topliss-reactive ketones (excluding diaryl/α,β-unsaturated/α-hetero) is 1. The Labute approximate surface area is 121 Å². The van der Waals surface area contributed by atoms with Crippen LogP contribution in [-0.2, 0) is 4.79 Å². The summed E-state index contributed by atoms with van der Waals surface area (Å²) in [6.45, 7) is 2.10. The first-order chi connectivity index (χ1) is 10.2. The maximum absolute atomic E-state index is 12.6. The highest BCUT2D eigenvalue weighted by atomic mass is 16.1. The van der Waals surface area contributed by atoms with Crippen LogP contribution < -0.4 is 5.32 Å². The third-order valence-electron chi connectivity index (χ3n) is 4.07. The molecule has 0 amide bonds. The zero-order valence-electron chi connectivity index (χ0n) is 11.7. The van der Waals surface area contributed by atoms with E-state index in [1.54, 1.807) is 17.1 Å². The van der Waals surface area contributed by atoms with Gasteiger partial charge in [-0.2, -0.15) is 10.1 Å². The molecular formula is C15H15N5O. The summed E-state index contributed by atoms with van der Waals surface area (Å²) in [5, 5.41) is 7.56. The second kappa shape index (κ2) is 4.51. The predicted octanol–water partition coefficient (Wildman–Crippen LogP) is 1.94. The van der Waals surface area contributed by atoms with Gasteiger partial charge in [0, 0.05) is 30.1 Å². The van der Waals surface area contributed by atoms with Crippen molar-refractivity contribution in [2.75, 3.05) is 5.32 Å². The first-order valence-electron chi connectivity index (χ1n) is 7.06. The molecule has 0 saturated heterocycles. The number of nitrogens with one attached hydrogen (secondary N) is 1. The number of pyridine rings is 1. The summed E-state index contributed by atoms with van der Waals surface area (Å²) in [7, 11) is 0. The number of hydrogen-bond donors (Lipinski definition) is 1. The number of nitrogens with zero attached hydrogens (tertiary/aromatic N) is 4. The molecule has 2 aromatic rings. The fourth-order valence-corrected chi connectivity index (χ4v) is 3.19. The second-order valence-electron chi connectivity index (χ2n) is 5.67. The highest BCUT2D eigenvalue weighted by molar-refractivity contribution is 5.99. The SMILES string of the molecule is C[C@@H]1CC(=O)C2=C(C1)Nc1ncnn1[C@H]2c1cccnc1. The molecule has 0 radical (unpaired) electrons. The first kappa shape index (κ1) is 12.3. The number of ketones is 1. The molecule has 0 aromatic carbocycles. The van der Waals surface area contributed by atoms with Gasteiger partial charge in [-0.3, -0.25) is 9.78 Å². The van der Waals surface area contributed by atoms with Crippen LogP contribution in [0, 0.1) is 5.92 Å². The Morgan fingerprint density at radius 3 is 3.10 bits per heavy atom. The third kappa shape index (κ3) is 1.86. The van der Waals surface area contributed by atoms with Crippen LogP contribution in [0.3, 0.4) is 0 Å². The van der Waals surface area contributed by atoms with Gasteiger partial charge in [0.2, 0.25) is 5.95 Å². The number of rotatable bonds is 1. The predicted molar refractivity (Wildman–Crippen MR) is 76.5 cm³/mol. The molecule has 0 saturated carbocycles. The highest BCUT2D eigenvalue weighted by Gasteiger charge is 2.37. The summed E-state index contributed by atoms with van der Waals surface area (Å²) in [5.74, 6) is 1.23. The second-order valence-corrected chi connectivity index (χ2v) is 5.67. The van der Waals surface area contributed by atoms with Crippen molar-refractivity contribution >= 4 is 11.7 Å². The van der Waals surface area contributed by atoms with Gasteiger partial charge in [-0.05, 0) is 24.0 Å². The molecule has 0 bridgehead atoms. The lowest BCUT2D eigenvalue weighted by atomic mass is 9.81. The van der Waals surface area contributed by atoms with Gasteiger partial charge in [-0.25, -0.2) is 4.68 Å². The average Bonchev–Trinajstić information content (AvgIpc) is 2.93. The Morgan fingerprint density at radius 1 is 1.38 bits per heavy atom. The van der Waals surface area contributed by atoms with Gasteiger partial charge in [0.15, 0.2) is 5.78 Å². The molecule has 2 aliphatic rings. The van der Waals surface area contributed by atoms with E-state index >= 15 is 0 Å². The summed E-state index contributed by atoms with van der Waals surface area (Å²) >= 11 is 0. The van der Waals surface area contributed by atoms with Crippen LogP contribution in [0.2, 0.25) is 0 Å². The third-order valence-corrected chi connectivity index (χ3v) is 4.07. The molecule has 1 aliphatic heterocycles. The lowest BCUT2D eigenvalue weighted by Crippen LogP contribution is -2.33. The lowest BCUT2D eigenvalue weighted by molar-refractivity contribution is -0.117. The summed E-state index contributed by atoms with van der Waals surface area (Å²) in [4.78, 5) is 21.0. The first-order valence-corrected chi connectivity index (χ1v) is 7.06. The van der Waals surface area contributed by atoms with E-state index in [9.17, 15) is 4.79 Å². The van der Waals surface area contributed by atoms with Crippen molar-refractivity contribution in [1.82, 2.24) is 19.7 Å². The monoisotopic (exact) mass is 281 g/mol. The number of anilines is 1. The standard InChI is InChI=1S/C15H15N5O/c1-9-5-11-13(12(21)6-9)14(10-3-2-4-16-7-10)20-15(19-11)17-8-18-20/h2-4,7-9,14H,5-6H2,1H3,(H,17,18,19)/t9-,14-/m0/s1. The zero-order valence-corrected chi connectivity index (χ0v) is 11.7. The fraction of sp³-hybridized carbons (Fsp3) is 0.333. The maximum Gasteiger partial charge on any atom is 0.226 e. The molecule has 6 nitrogen and oxygen atoms in total. The van der Waals surface area contributed by atoms with Crippen molar-refractivity contribution in [2.45, 2.75) is 25.8 Å². The normalized spacial score (nSPS) is 24.3. The largest absolute Gasteiger partial charge is 0.328 e. The van der Waals surface area contributed by atoms with Crippen LogP contribution in [-0.4, -0.2) is 25.5 Å². The van der Waals surface area contributed by atoms with Gasteiger partial charge in [-0.15, -0.1) is 0 Å². The molecule has 0 spiro atoms. The Balaban J connectivity index is 1.91. The van der Waals surface area contributed by atoms with Crippen LogP contribution in [0.15, 0.2) is 42.1 Å². The van der Waals surface area contributed by atoms with Crippen molar-refractivity contribution in [3.63, 3.8) is 0 Å². The van der Waals surface area contributed by atoms with Crippen LogP contribution in [0.5, 0.6) is 0 Å². The van der Waals surface area contributed by atoms with Gasteiger partial charge in [0.25, 0.3) is 0 Å². The Kier molecular flexibility index (Phi) is 2.63. The number of carbonyl (C=O) groups is 1. The van der Waals surface area contributed by atoms with Crippen molar-refractivity contribution in [3.05, 3.63) is 47.7 Å². The maximum atomic E-state index is 12.6. The fourth-order valence-electron chi connectivity index (χ4n) is 3.19. The Hall–Kier alpha value is -2.50. The molecular weight excluding hydrogens is 266 g/mol. The van der Waals surface area contributed by atoms with Crippen molar-refractivity contribution in [3.8, 4) is 0 Å². The van der Waals surface area contributed by atoms with E-state index < -0.39 is 0 Å². The number of aromatic nitrogens is 4. The van der Waals surface area contributed by atoms with Crippen LogP contribution >= 0.6 is 0 Å². The smallest absolute Gasteiger partial charge is 0.226 e. The molecule has 4 rings (SSSR count). The van der Waals surface area contributed by atoms with Gasteiger partial charge in [0.1, 0.15) is 12.4 Å². The minimum absolute atomic E-state index is 0.186. The quantitative estimate of drug-likeness (QED) is 0.864. The van der Waals surface area contributed by atoms with E-state index in [1.807, 2.05) is 12.1 Å². The van der Waals surface area contributed by atoms with E-state index in [1.165, 1.54) is 6.33 Å². The summed E-state index contributed by atoms with van der Waals surface area (Å²) in [5.41, 5.74) is 2.74. The summed E-state index contributed by atoms with van der Waals surface area (Å²) < 4.78 is 1.77. The molecule has 3 heterocycles. The number of allylic oxidation sites excluding steroid dienone is 2. The van der Waals surface area contributed by atoms with Gasteiger partial charge in [-0.1, -0.05) is 13.0 Å². The molecule has 2 atom stereocenters. The molecule has 1 N–H and O–H groups in total. The Morgan fingerprint density at radius 2 is 2.29 bits per heavy atom. The van der Waals surface area contributed by atoms with Gasteiger partial charge >= 0.3 is 0 Å². The average molecular weight is 281 g/mol. The van der Waals surface area contributed by atoms with Crippen molar-refractivity contribution in [1.29, 1.82) is 0 Å². The minimum atomic E-state index is -0.229. The molecule has 2 aromatic heterocycles. The van der Waals surface area contributed by atoms with E-state index in [0.717, 1.165) is 23.3 Å². The molecule has 21 heavy (non-hydrogen) atoms. The van der Waals surface area contributed by atoms with Crippen LogP contribution in [0.25, 0.3) is 0 Å². The van der Waals surface area contributed by atoms with E-state index in [4.69, 9.17) is 0 Å². The number of carbonyl (C=O) groups excluding carboxylic acids is 1. The van der Waals surface area contributed by atoms with Gasteiger partial charge < -0.3 is 5.32 Å². The van der Waals surface area contributed by atoms with E-state index in [2.05, 4.69) is 27.3 Å². The van der Waals surface area contributed by atoms with Crippen molar-refractivity contribution in [2.24, 2.45) is 5.92 Å². The number of fused-ring (bicyclic) bond motifs is 1. The lowest BCUT2D eigenvalue weighted by Gasteiger charge is -2.33. The number of hydrogen-bond acceptors (Lipinski definition) is 5. The molecule has 1 aliphatic carbocycles. The Bertz CT molecular complexity index is 734. The van der Waals surface area contributed by atoms with Crippen LogP contribution in [0.4, 0.5) is 5.95 Å². The molecule has 6 heteroatoms. The summed E-state index contributed by atoms with van der Waals surface area (Å²) in [6.07, 6.45) is 6.48. The van der Waals surface area contributed by atoms with E-state index in [-0.39, 0.29) is 11.8 Å². The minimum Gasteiger partial charge on any atom is -0.328 e. The molecule has 0 fully saturated rings. The highest BCUT2D eigenvalue weighted by Crippen LogP contribution is 2.40. The van der Waals surface area contributed by atoms with Crippen LogP contribution in [0.1, 0.15) is 31.4 Å². The topological polar surface area (TPSA) is 72.7 Å². The molecule has 106 valence electrons. The molecule has 0 unspecified atom stereocenters. The van der Waals surface area contributed by atoms with Gasteiger partial charge in [0.05, 0.1) is 0 Å². The van der Waals surface area contributed by atoms with E-state index in [0.29, 0.717) is 18.3 Å². The summed E-state index contributed by atoms with van der Waals surface area (Å²) in [6, 6.07) is 3.63. The van der Waals surface area contributed by atoms with Crippen molar-refractivity contribution < 1.29 is 4.79 Å². The zero-order chi connectivity index (χ0) is 14.4.